The summed E-state index contributed by atoms with van der Waals surface area (Å²) in [5.74, 6) is -1.02. The van der Waals surface area contributed by atoms with E-state index < -0.39 is 12.1 Å². The highest BCUT2D eigenvalue weighted by molar-refractivity contribution is 5.77. The van der Waals surface area contributed by atoms with Gasteiger partial charge in [0.2, 0.25) is 0 Å². The topological polar surface area (TPSA) is 79.3 Å². The van der Waals surface area contributed by atoms with Gasteiger partial charge in [-0.2, -0.15) is 0 Å². The normalized spacial score (nSPS) is 25.7. The third kappa shape index (κ3) is 3.11. The molecule has 2 rings (SSSR count). The SMILES string of the molecule is O=C(O)C1CN(C(=O)N2CCCOCC2)CCO1. The fourth-order valence-electron chi connectivity index (χ4n) is 2.11. The number of carboxylic acids is 1. The van der Waals surface area contributed by atoms with Gasteiger partial charge < -0.3 is 24.4 Å². The van der Waals surface area contributed by atoms with Crippen LogP contribution in [-0.2, 0) is 14.3 Å². The highest BCUT2D eigenvalue weighted by Gasteiger charge is 2.31. The van der Waals surface area contributed by atoms with E-state index in [0.717, 1.165) is 6.42 Å². The fraction of sp³-hybridized carbons (Fsp3) is 0.818. The van der Waals surface area contributed by atoms with E-state index >= 15 is 0 Å². The van der Waals surface area contributed by atoms with Gasteiger partial charge in [0.25, 0.3) is 0 Å². The van der Waals surface area contributed by atoms with Crippen LogP contribution in [0.3, 0.4) is 0 Å². The number of carboxylic acid groups (broad SMARTS) is 1. The number of urea groups is 1. The van der Waals surface area contributed by atoms with Crippen LogP contribution < -0.4 is 0 Å². The summed E-state index contributed by atoms with van der Waals surface area (Å²) in [6, 6.07) is -0.116. The van der Waals surface area contributed by atoms with E-state index in [1.54, 1.807) is 9.80 Å². The summed E-state index contributed by atoms with van der Waals surface area (Å²) in [5, 5.41) is 8.90. The molecule has 1 atom stereocenters. The van der Waals surface area contributed by atoms with Crippen molar-refractivity contribution in [2.75, 3.05) is 46.0 Å². The Bertz CT molecular complexity index is 315. The van der Waals surface area contributed by atoms with Crippen molar-refractivity contribution in [1.29, 1.82) is 0 Å². The molecule has 0 aliphatic carbocycles. The predicted octanol–water partition coefficient (Wildman–Crippen LogP) is -0.386. The first-order valence-corrected chi connectivity index (χ1v) is 6.14. The summed E-state index contributed by atoms with van der Waals surface area (Å²) in [6.45, 7) is 3.27. The second-order valence-electron chi connectivity index (χ2n) is 4.38. The summed E-state index contributed by atoms with van der Waals surface area (Å²) in [4.78, 5) is 26.3. The zero-order valence-electron chi connectivity index (χ0n) is 10.2. The van der Waals surface area contributed by atoms with Crippen LogP contribution in [0, 0.1) is 0 Å². The van der Waals surface area contributed by atoms with Crippen molar-refractivity contribution in [2.45, 2.75) is 12.5 Å². The molecule has 2 amide bonds. The second kappa shape index (κ2) is 6.01. The molecule has 2 aliphatic rings. The third-order valence-corrected chi connectivity index (χ3v) is 3.11. The Kier molecular flexibility index (Phi) is 4.38. The van der Waals surface area contributed by atoms with Crippen molar-refractivity contribution < 1.29 is 24.2 Å². The number of aliphatic carboxylic acids is 1. The molecule has 2 saturated heterocycles. The van der Waals surface area contributed by atoms with Gasteiger partial charge in [-0.15, -0.1) is 0 Å². The molecule has 0 aromatic carbocycles. The van der Waals surface area contributed by atoms with E-state index in [1.165, 1.54) is 0 Å². The first kappa shape index (κ1) is 13.1. The van der Waals surface area contributed by atoms with E-state index in [0.29, 0.717) is 32.8 Å². The van der Waals surface area contributed by atoms with Gasteiger partial charge >= 0.3 is 12.0 Å². The lowest BCUT2D eigenvalue weighted by Gasteiger charge is -2.34. The number of nitrogens with zero attached hydrogens (tertiary/aromatic N) is 2. The van der Waals surface area contributed by atoms with Gasteiger partial charge in [0, 0.05) is 26.2 Å². The maximum Gasteiger partial charge on any atom is 0.334 e. The number of morpholine rings is 1. The predicted molar refractivity (Wildman–Crippen MR) is 61.4 cm³/mol. The van der Waals surface area contributed by atoms with Gasteiger partial charge in [0.05, 0.1) is 19.8 Å². The standard InChI is InChI=1S/C11H18N2O5/c14-10(15)9-8-13(4-7-18-9)11(16)12-2-1-5-17-6-3-12/h9H,1-8H2,(H,14,15). The van der Waals surface area contributed by atoms with Crippen molar-refractivity contribution in [3.63, 3.8) is 0 Å². The Labute approximate surface area is 105 Å². The molecule has 18 heavy (non-hydrogen) atoms. The lowest BCUT2D eigenvalue weighted by atomic mass is 10.3. The molecule has 0 saturated carbocycles. The highest BCUT2D eigenvalue weighted by atomic mass is 16.5. The van der Waals surface area contributed by atoms with Gasteiger partial charge in [-0.3, -0.25) is 0 Å². The maximum atomic E-state index is 12.2. The van der Waals surface area contributed by atoms with E-state index in [4.69, 9.17) is 14.6 Å². The maximum absolute atomic E-state index is 12.2. The molecule has 7 nitrogen and oxygen atoms in total. The minimum absolute atomic E-state index is 0.116. The van der Waals surface area contributed by atoms with Crippen molar-refractivity contribution >= 4 is 12.0 Å². The van der Waals surface area contributed by atoms with Crippen LogP contribution in [0.25, 0.3) is 0 Å². The number of rotatable bonds is 1. The molecular weight excluding hydrogens is 240 g/mol. The third-order valence-electron chi connectivity index (χ3n) is 3.11. The van der Waals surface area contributed by atoms with Gasteiger partial charge in [0.15, 0.2) is 6.10 Å². The molecule has 0 bridgehead atoms. The van der Waals surface area contributed by atoms with E-state index in [2.05, 4.69) is 0 Å². The van der Waals surface area contributed by atoms with Gasteiger partial charge in [0.1, 0.15) is 0 Å². The average Bonchev–Trinajstić information content (AvgIpc) is 2.67. The summed E-state index contributed by atoms with van der Waals surface area (Å²) >= 11 is 0. The lowest BCUT2D eigenvalue weighted by Crippen LogP contribution is -2.53. The Morgan fingerprint density at radius 3 is 2.61 bits per heavy atom. The lowest BCUT2D eigenvalue weighted by molar-refractivity contribution is -0.154. The van der Waals surface area contributed by atoms with Crippen LogP contribution in [0.5, 0.6) is 0 Å². The first-order valence-electron chi connectivity index (χ1n) is 6.14. The van der Waals surface area contributed by atoms with Crippen LogP contribution in [0.15, 0.2) is 0 Å². The molecule has 2 aliphatic heterocycles. The summed E-state index contributed by atoms with van der Waals surface area (Å²) in [6.07, 6.45) is -0.0933. The van der Waals surface area contributed by atoms with E-state index in [1.807, 2.05) is 0 Å². The van der Waals surface area contributed by atoms with Crippen molar-refractivity contribution in [2.24, 2.45) is 0 Å². The van der Waals surface area contributed by atoms with Crippen LogP contribution >= 0.6 is 0 Å². The van der Waals surface area contributed by atoms with Gasteiger partial charge in [-0.1, -0.05) is 0 Å². The Hall–Kier alpha value is -1.34. The fourth-order valence-corrected chi connectivity index (χ4v) is 2.11. The first-order chi connectivity index (χ1) is 8.68. The minimum atomic E-state index is -1.02. The Morgan fingerprint density at radius 1 is 1.06 bits per heavy atom. The molecule has 1 unspecified atom stereocenters. The van der Waals surface area contributed by atoms with Crippen molar-refractivity contribution in [1.82, 2.24) is 9.80 Å². The number of carbonyl (C=O) groups is 2. The minimum Gasteiger partial charge on any atom is -0.479 e. The van der Waals surface area contributed by atoms with Crippen molar-refractivity contribution in [3.8, 4) is 0 Å². The summed E-state index contributed by atoms with van der Waals surface area (Å²) in [5.41, 5.74) is 0. The van der Waals surface area contributed by atoms with Crippen LogP contribution in [-0.4, -0.2) is 79.0 Å². The van der Waals surface area contributed by atoms with Crippen LogP contribution in [0.4, 0.5) is 4.79 Å². The van der Waals surface area contributed by atoms with Crippen molar-refractivity contribution in [3.05, 3.63) is 0 Å². The molecular formula is C11H18N2O5. The molecule has 2 fully saturated rings. The number of hydrogen-bond donors (Lipinski definition) is 1. The van der Waals surface area contributed by atoms with E-state index in [9.17, 15) is 9.59 Å². The highest BCUT2D eigenvalue weighted by Crippen LogP contribution is 2.10. The molecule has 2 heterocycles. The molecule has 1 N–H and O–H groups in total. The van der Waals surface area contributed by atoms with Gasteiger partial charge in [-0.25, -0.2) is 9.59 Å². The summed E-state index contributed by atoms with van der Waals surface area (Å²) < 4.78 is 10.4. The number of carbonyl (C=O) groups excluding carboxylic acids is 1. The molecule has 0 radical (unpaired) electrons. The molecule has 0 spiro atoms. The molecule has 0 aromatic heterocycles. The number of hydrogen-bond acceptors (Lipinski definition) is 4. The molecule has 7 heteroatoms. The number of ether oxygens (including phenoxy) is 2. The molecule has 0 aromatic rings. The zero-order chi connectivity index (χ0) is 13.0. The van der Waals surface area contributed by atoms with Crippen LogP contribution in [0.1, 0.15) is 6.42 Å². The zero-order valence-corrected chi connectivity index (χ0v) is 10.2. The summed E-state index contributed by atoms with van der Waals surface area (Å²) in [7, 11) is 0. The van der Waals surface area contributed by atoms with Crippen LogP contribution in [0.2, 0.25) is 0 Å². The van der Waals surface area contributed by atoms with E-state index in [-0.39, 0.29) is 19.2 Å². The Balaban J connectivity index is 1.92. The monoisotopic (exact) mass is 258 g/mol. The average molecular weight is 258 g/mol. The molecule has 102 valence electrons. The largest absolute Gasteiger partial charge is 0.479 e. The number of amides is 2. The Morgan fingerprint density at radius 2 is 1.83 bits per heavy atom. The second-order valence-corrected chi connectivity index (χ2v) is 4.38. The van der Waals surface area contributed by atoms with Gasteiger partial charge in [-0.05, 0) is 6.42 Å². The quantitative estimate of drug-likeness (QED) is 0.693. The smallest absolute Gasteiger partial charge is 0.334 e.